The zero-order valence-corrected chi connectivity index (χ0v) is 11.9. The topological polar surface area (TPSA) is 78.4 Å². The van der Waals surface area contributed by atoms with Crippen molar-refractivity contribution in [3.05, 3.63) is 0 Å². The fourth-order valence-corrected chi connectivity index (χ4v) is 1.65. The Labute approximate surface area is 115 Å². The van der Waals surface area contributed by atoms with E-state index in [4.69, 9.17) is 11.5 Å². The van der Waals surface area contributed by atoms with E-state index in [-0.39, 0.29) is 12.5 Å². The van der Waals surface area contributed by atoms with Gasteiger partial charge in [-0.15, -0.1) is 12.3 Å². The maximum absolute atomic E-state index is 11.6. The lowest BCUT2D eigenvalue weighted by Gasteiger charge is -2.17. The van der Waals surface area contributed by atoms with Crippen LogP contribution in [0.1, 0.15) is 46.5 Å². The SMILES string of the molecule is C#CCC(NC(=O)NC(C)CCCC(C)C)C(=O)O. The molecule has 0 saturated heterocycles. The molecule has 0 aliphatic rings. The summed E-state index contributed by atoms with van der Waals surface area (Å²) in [5, 5.41) is 13.9. The second kappa shape index (κ2) is 9.26. The Morgan fingerprint density at radius 2 is 1.84 bits per heavy atom. The molecule has 3 N–H and O–H groups in total. The number of carbonyl (C=O) groups is 2. The highest BCUT2D eigenvalue weighted by molar-refractivity contribution is 5.82. The molecule has 5 nitrogen and oxygen atoms in total. The number of nitrogens with one attached hydrogen (secondary N) is 2. The molecule has 108 valence electrons. The van der Waals surface area contributed by atoms with Crippen molar-refractivity contribution in [2.45, 2.75) is 58.5 Å². The van der Waals surface area contributed by atoms with Crippen LogP contribution in [0.5, 0.6) is 0 Å². The summed E-state index contributed by atoms with van der Waals surface area (Å²) in [6.45, 7) is 6.21. The van der Waals surface area contributed by atoms with E-state index in [2.05, 4.69) is 30.4 Å². The molecule has 0 saturated carbocycles. The average molecular weight is 268 g/mol. The molecule has 5 heteroatoms. The summed E-state index contributed by atoms with van der Waals surface area (Å²) < 4.78 is 0. The summed E-state index contributed by atoms with van der Waals surface area (Å²) in [6.07, 6.45) is 8.05. The van der Waals surface area contributed by atoms with E-state index in [1.165, 1.54) is 0 Å². The Morgan fingerprint density at radius 3 is 2.32 bits per heavy atom. The molecule has 2 atom stereocenters. The molecular weight excluding hydrogens is 244 g/mol. The molecule has 2 unspecified atom stereocenters. The van der Waals surface area contributed by atoms with Crippen LogP contribution in [0, 0.1) is 18.3 Å². The number of urea groups is 1. The number of carboxylic acid groups (broad SMARTS) is 1. The van der Waals surface area contributed by atoms with Gasteiger partial charge in [0.15, 0.2) is 0 Å². The maximum atomic E-state index is 11.6. The third-order valence-corrected chi connectivity index (χ3v) is 2.72. The number of hydrogen-bond donors (Lipinski definition) is 3. The van der Waals surface area contributed by atoms with Crippen LogP contribution in [0.25, 0.3) is 0 Å². The Bertz CT molecular complexity index is 334. The van der Waals surface area contributed by atoms with Gasteiger partial charge in [0, 0.05) is 12.5 Å². The smallest absolute Gasteiger partial charge is 0.327 e. The lowest BCUT2D eigenvalue weighted by atomic mass is 10.0. The van der Waals surface area contributed by atoms with Gasteiger partial charge in [-0.05, 0) is 19.3 Å². The van der Waals surface area contributed by atoms with Gasteiger partial charge in [0.1, 0.15) is 6.04 Å². The van der Waals surface area contributed by atoms with Crippen LogP contribution in [0.4, 0.5) is 4.79 Å². The van der Waals surface area contributed by atoms with Crippen LogP contribution in [0.3, 0.4) is 0 Å². The van der Waals surface area contributed by atoms with Gasteiger partial charge in [-0.2, -0.15) is 0 Å². The zero-order chi connectivity index (χ0) is 14.8. The van der Waals surface area contributed by atoms with Crippen molar-refractivity contribution in [1.29, 1.82) is 0 Å². The predicted molar refractivity (Wildman–Crippen MR) is 74.7 cm³/mol. The number of terminal acetylenes is 1. The van der Waals surface area contributed by atoms with Gasteiger partial charge in [-0.25, -0.2) is 9.59 Å². The summed E-state index contributed by atoms with van der Waals surface area (Å²) in [5.41, 5.74) is 0. The molecule has 0 heterocycles. The van der Waals surface area contributed by atoms with Crippen molar-refractivity contribution in [2.75, 3.05) is 0 Å². The highest BCUT2D eigenvalue weighted by Crippen LogP contribution is 2.08. The molecule has 0 aliphatic heterocycles. The summed E-state index contributed by atoms with van der Waals surface area (Å²) in [4.78, 5) is 22.4. The molecule has 19 heavy (non-hydrogen) atoms. The van der Waals surface area contributed by atoms with E-state index in [0.717, 1.165) is 19.3 Å². The second-order valence-electron chi connectivity index (χ2n) is 5.14. The van der Waals surface area contributed by atoms with E-state index in [1.54, 1.807) is 0 Å². The van der Waals surface area contributed by atoms with Crippen LogP contribution >= 0.6 is 0 Å². The van der Waals surface area contributed by atoms with Crippen LogP contribution in [-0.2, 0) is 4.79 Å². The number of hydrogen-bond acceptors (Lipinski definition) is 2. The fraction of sp³-hybridized carbons (Fsp3) is 0.714. The monoisotopic (exact) mass is 268 g/mol. The molecule has 0 aromatic carbocycles. The van der Waals surface area contributed by atoms with Crippen LogP contribution in [-0.4, -0.2) is 29.2 Å². The molecular formula is C14H24N2O3. The lowest BCUT2D eigenvalue weighted by Crippen LogP contribution is -2.48. The van der Waals surface area contributed by atoms with Gasteiger partial charge in [-0.1, -0.05) is 26.7 Å². The number of carboxylic acids is 1. The molecule has 0 bridgehead atoms. The number of carbonyl (C=O) groups excluding carboxylic acids is 1. The minimum absolute atomic E-state index is 0.0130. The van der Waals surface area contributed by atoms with E-state index < -0.39 is 18.0 Å². The molecule has 2 amide bonds. The Morgan fingerprint density at radius 1 is 1.21 bits per heavy atom. The Hall–Kier alpha value is -1.70. The standard InChI is InChI=1S/C14H24N2O3/c1-5-7-12(13(17)18)16-14(19)15-11(4)9-6-8-10(2)3/h1,10-12H,6-9H2,2-4H3,(H,17,18)(H2,15,16,19). The van der Waals surface area contributed by atoms with Gasteiger partial charge in [0.2, 0.25) is 0 Å². The largest absolute Gasteiger partial charge is 0.480 e. The zero-order valence-electron chi connectivity index (χ0n) is 11.9. The van der Waals surface area contributed by atoms with Gasteiger partial charge < -0.3 is 15.7 Å². The first kappa shape index (κ1) is 17.3. The van der Waals surface area contributed by atoms with Crippen molar-refractivity contribution < 1.29 is 14.7 Å². The molecule has 0 aliphatic carbocycles. The van der Waals surface area contributed by atoms with Gasteiger partial charge >= 0.3 is 12.0 Å². The lowest BCUT2D eigenvalue weighted by molar-refractivity contribution is -0.139. The molecule has 0 spiro atoms. The fourth-order valence-electron chi connectivity index (χ4n) is 1.65. The molecule has 0 aromatic heterocycles. The minimum Gasteiger partial charge on any atom is -0.480 e. The molecule has 0 radical (unpaired) electrons. The van der Waals surface area contributed by atoms with Crippen LogP contribution < -0.4 is 10.6 Å². The van der Waals surface area contributed by atoms with E-state index in [9.17, 15) is 9.59 Å². The molecule has 0 rings (SSSR count). The summed E-state index contributed by atoms with van der Waals surface area (Å²) >= 11 is 0. The van der Waals surface area contributed by atoms with Crippen molar-refractivity contribution in [2.24, 2.45) is 5.92 Å². The first-order valence-electron chi connectivity index (χ1n) is 6.60. The third kappa shape index (κ3) is 8.95. The van der Waals surface area contributed by atoms with Gasteiger partial charge in [0.25, 0.3) is 0 Å². The third-order valence-electron chi connectivity index (χ3n) is 2.72. The summed E-state index contributed by atoms with van der Waals surface area (Å²) in [5.74, 6) is 1.75. The summed E-state index contributed by atoms with van der Waals surface area (Å²) in [6, 6.07) is -1.51. The van der Waals surface area contributed by atoms with Crippen molar-refractivity contribution >= 4 is 12.0 Å². The predicted octanol–water partition coefficient (Wildman–Crippen LogP) is 1.98. The first-order chi connectivity index (χ1) is 8.86. The Balaban J connectivity index is 4.01. The normalized spacial score (nSPS) is 13.4. The average Bonchev–Trinajstić information content (AvgIpc) is 2.27. The van der Waals surface area contributed by atoms with Crippen LogP contribution in [0.2, 0.25) is 0 Å². The second-order valence-corrected chi connectivity index (χ2v) is 5.14. The van der Waals surface area contributed by atoms with Gasteiger partial charge in [-0.3, -0.25) is 0 Å². The van der Waals surface area contributed by atoms with Crippen molar-refractivity contribution in [1.82, 2.24) is 10.6 Å². The van der Waals surface area contributed by atoms with E-state index in [0.29, 0.717) is 5.92 Å². The molecule has 0 fully saturated rings. The first-order valence-corrected chi connectivity index (χ1v) is 6.60. The number of aliphatic carboxylic acids is 1. The molecule has 0 aromatic rings. The summed E-state index contributed by atoms with van der Waals surface area (Å²) in [7, 11) is 0. The number of amides is 2. The maximum Gasteiger partial charge on any atom is 0.327 e. The van der Waals surface area contributed by atoms with Crippen LogP contribution in [0.15, 0.2) is 0 Å². The highest BCUT2D eigenvalue weighted by Gasteiger charge is 2.19. The van der Waals surface area contributed by atoms with E-state index >= 15 is 0 Å². The Kier molecular flexibility index (Phi) is 8.43. The van der Waals surface area contributed by atoms with Crippen molar-refractivity contribution in [3.63, 3.8) is 0 Å². The minimum atomic E-state index is -1.12. The quantitative estimate of drug-likeness (QED) is 0.589. The van der Waals surface area contributed by atoms with Crippen molar-refractivity contribution in [3.8, 4) is 12.3 Å². The van der Waals surface area contributed by atoms with Gasteiger partial charge in [0.05, 0.1) is 0 Å². The number of rotatable bonds is 8. The highest BCUT2D eigenvalue weighted by atomic mass is 16.4. The van der Waals surface area contributed by atoms with E-state index in [1.807, 2.05) is 6.92 Å².